The minimum atomic E-state index is 0.438. The van der Waals surface area contributed by atoms with Gasteiger partial charge in [-0.15, -0.1) is 0 Å². The zero-order chi connectivity index (χ0) is 22.9. The maximum Gasteiger partial charge on any atom is 0.123 e. The summed E-state index contributed by atoms with van der Waals surface area (Å²) in [5, 5.41) is 10.8. The Balaban J connectivity index is 1.94. The molecule has 0 aromatic heterocycles. The summed E-state index contributed by atoms with van der Waals surface area (Å²) in [5.74, 6) is 0.438. The lowest BCUT2D eigenvalue weighted by Crippen LogP contribution is -2.00. The molecule has 32 heavy (non-hydrogen) atoms. The van der Waals surface area contributed by atoms with Crippen molar-refractivity contribution in [3.8, 4) is 16.9 Å². The Morgan fingerprint density at radius 2 is 1.03 bits per heavy atom. The highest BCUT2D eigenvalue weighted by Gasteiger charge is 2.14. The van der Waals surface area contributed by atoms with E-state index >= 15 is 0 Å². The van der Waals surface area contributed by atoms with E-state index in [-0.39, 0.29) is 0 Å². The van der Waals surface area contributed by atoms with Crippen LogP contribution in [0, 0.1) is 0 Å². The number of rotatable bonds is 18. The van der Waals surface area contributed by atoms with Crippen LogP contribution in [-0.2, 0) is 12.8 Å². The van der Waals surface area contributed by atoms with Gasteiger partial charge in [-0.2, -0.15) is 0 Å². The number of aromatic hydroxyl groups is 1. The van der Waals surface area contributed by atoms with Crippen LogP contribution in [0.1, 0.15) is 121 Å². The van der Waals surface area contributed by atoms with Gasteiger partial charge in [0.25, 0.3) is 0 Å². The van der Waals surface area contributed by atoms with Crippen LogP contribution in [0.4, 0.5) is 0 Å². The summed E-state index contributed by atoms with van der Waals surface area (Å²) < 4.78 is 0. The number of unbranched alkanes of at least 4 members (excludes halogenated alkanes) is 13. The molecule has 178 valence electrons. The molecule has 2 aromatic carbocycles. The largest absolute Gasteiger partial charge is 0.507 e. The van der Waals surface area contributed by atoms with E-state index in [0.29, 0.717) is 5.75 Å². The van der Waals surface area contributed by atoms with Crippen molar-refractivity contribution >= 4 is 0 Å². The first-order valence-electron chi connectivity index (χ1n) is 13.7. The van der Waals surface area contributed by atoms with E-state index in [1.54, 1.807) is 0 Å². The van der Waals surface area contributed by atoms with Crippen LogP contribution in [0.2, 0.25) is 0 Å². The molecule has 2 aromatic rings. The van der Waals surface area contributed by atoms with Crippen LogP contribution < -0.4 is 0 Å². The molecule has 2 rings (SSSR count). The third-order valence-corrected chi connectivity index (χ3v) is 6.78. The molecule has 0 aliphatic heterocycles. The molecule has 0 unspecified atom stereocenters. The number of hydrogen-bond donors (Lipinski definition) is 1. The van der Waals surface area contributed by atoms with Crippen molar-refractivity contribution in [1.29, 1.82) is 0 Å². The molecule has 0 saturated carbocycles. The zero-order valence-electron chi connectivity index (χ0n) is 21.0. The fourth-order valence-electron chi connectivity index (χ4n) is 4.83. The third-order valence-electron chi connectivity index (χ3n) is 6.78. The first kappa shape index (κ1) is 26.5. The molecule has 0 radical (unpaired) electrons. The van der Waals surface area contributed by atoms with Gasteiger partial charge >= 0.3 is 0 Å². The van der Waals surface area contributed by atoms with Crippen molar-refractivity contribution in [3.63, 3.8) is 0 Å². The van der Waals surface area contributed by atoms with Gasteiger partial charge in [0, 0.05) is 5.56 Å². The Morgan fingerprint density at radius 1 is 0.531 bits per heavy atom. The van der Waals surface area contributed by atoms with Gasteiger partial charge in [0.15, 0.2) is 0 Å². The maximum absolute atomic E-state index is 10.8. The number of benzene rings is 2. The molecule has 0 fully saturated rings. The Labute approximate surface area is 198 Å². The van der Waals surface area contributed by atoms with Crippen LogP contribution in [0.5, 0.6) is 5.75 Å². The van der Waals surface area contributed by atoms with E-state index in [2.05, 4.69) is 50.2 Å². The average molecular weight is 437 g/mol. The zero-order valence-corrected chi connectivity index (χ0v) is 21.0. The van der Waals surface area contributed by atoms with Crippen LogP contribution >= 0.6 is 0 Å². The van der Waals surface area contributed by atoms with Gasteiger partial charge in [-0.3, -0.25) is 0 Å². The van der Waals surface area contributed by atoms with Gasteiger partial charge in [-0.05, 0) is 48.4 Å². The predicted octanol–water partition coefficient (Wildman–Crippen LogP) is 10.0. The molecular weight excluding hydrogens is 388 g/mol. The second kappa shape index (κ2) is 16.8. The van der Waals surface area contributed by atoms with E-state index in [9.17, 15) is 5.11 Å². The Morgan fingerprint density at radius 3 is 1.59 bits per heavy atom. The lowest BCUT2D eigenvalue weighted by Gasteiger charge is -2.17. The van der Waals surface area contributed by atoms with Crippen molar-refractivity contribution < 1.29 is 5.11 Å². The van der Waals surface area contributed by atoms with Gasteiger partial charge in [0.05, 0.1) is 0 Å². The normalized spacial score (nSPS) is 11.2. The predicted molar refractivity (Wildman–Crippen MR) is 142 cm³/mol. The summed E-state index contributed by atoms with van der Waals surface area (Å²) in [4.78, 5) is 0. The number of hydrogen-bond acceptors (Lipinski definition) is 1. The Hall–Kier alpha value is -1.76. The average Bonchev–Trinajstić information content (AvgIpc) is 2.82. The Bertz CT molecular complexity index is 719. The quantitative estimate of drug-likeness (QED) is 0.230. The van der Waals surface area contributed by atoms with Crippen molar-refractivity contribution in [2.75, 3.05) is 0 Å². The third kappa shape index (κ3) is 9.80. The van der Waals surface area contributed by atoms with Crippen LogP contribution in [0.15, 0.2) is 42.5 Å². The SMILES string of the molecule is CCCCCCCCCCCCc1c(CCCCCCC)ccc(O)c1-c1ccccc1. The topological polar surface area (TPSA) is 20.2 Å². The van der Waals surface area contributed by atoms with Gasteiger partial charge in [-0.1, -0.05) is 134 Å². The van der Waals surface area contributed by atoms with E-state index < -0.39 is 0 Å². The summed E-state index contributed by atoms with van der Waals surface area (Å²) in [6, 6.07) is 14.6. The fourth-order valence-corrected chi connectivity index (χ4v) is 4.83. The first-order chi connectivity index (χ1) is 15.8. The molecule has 1 heteroatoms. The summed E-state index contributed by atoms with van der Waals surface area (Å²) >= 11 is 0. The molecule has 0 atom stereocenters. The summed E-state index contributed by atoms with van der Waals surface area (Å²) in [6.07, 6.45) is 22.4. The smallest absolute Gasteiger partial charge is 0.123 e. The Kier molecular flexibility index (Phi) is 13.9. The molecule has 1 N–H and O–H groups in total. The molecule has 0 saturated heterocycles. The lowest BCUT2D eigenvalue weighted by atomic mass is 9.88. The van der Waals surface area contributed by atoms with Crippen LogP contribution in [0.25, 0.3) is 11.1 Å². The number of aryl methyl sites for hydroxylation is 1. The van der Waals surface area contributed by atoms with Crippen molar-refractivity contribution in [1.82, 2.24) is 0 Å². The molecule has 0 spiro atoms. The highest BCUT2D eigenvalue weighted by molar-refractivity contribution is 5.75. The van der Waals surface area contributed by atoms with E-state index in [1.165, 1.54) is 107 Å². The van der Waals surface area contributed by atoms with Gasteiger partial charge in [-0.25, -0.2) is 0 Å². The van der Waals surface area contributed by atoms with E-state index in [1.807, 2.05) is 6.07 Å². The molecule has 0 aliphatic rings. The fraction of sp³-hybridized carbons (Fsp3) is 0.613. The second-order valence-corrected chi connectivity index (χ2v) is 9.56. The molecule has 0 bridgehead atoms. The highest BCUT2D eigenvalue weighted by atomic mass is 16.3. The van der Waals surface area contributed by atoms with Gasteiger partial charge < -0.3 is 5.11 Å². The summed E-state index contributed by atoms with van der Waals surface area (Å²) in [7, 11) is 0. The minimum Gasteiger partial charge on any atom is -0.507 e. The molecule has 1 nitrogen and oxygen atoms in total. The van der Waals surface area contributed by atoms with Crippen molar-refractivity contribution in [2.45, 2.75) is 123 Å². The monoisotopic (exact) mass is 436 g/mol. The lowest BCUT2D eigenvalue weighted by molar-refractivity contribution is 0.476. The van der Waals surface area contributed by atoms with Gasteiger partial charge in [0.2, 0.25) is 0 Å². The number of phenolic OH excluding ortho intramolecular Hbond substituents is 1. The molecular formula is C31H48O. The van der Waals surface area contributed by atoms with E-state index in [4.69, 9.17) is 0 Å². The van der Waals surface area contributed by atoms with Crippen LogP contribution in [0.3, 0.4) is 0 Å². The highest BCUT2D eigenvalue weighted by Crippen LogP contribution is 2.36. The van der Waals surface area contributed by atoms with Crippen LogP contribution in [-0.4, -0.2) is 5.11 Å². The van der Waals surface area contributed by atoms with E-state index in [0.717, 1.165) is 24.0 Å². The minimum absolute atomic E-state index is 0.438. The van der Waals surface area contributed by atoms with Crippen molar-refractivity contribution in [3.05, 3.63) is 53.6 Å². The first-order valence-corrected chi connectivity index (χ1v) is 13.7. The summed E-state index contributed by atoms with van der Waals surface area (Å²) in [6.45, 7) is 4.56. The molecule has 0 heterocycles. The molecule has 0 amide bonds. The maximum atomic E-state index is 10.8. The van der Waals surface area contributed by atoms with Gasteiger partial charge in [0.1, 0.15) is 5.75 Å². The number of phenols is 1. The standard InChI is InChI=1S/C31H48O/c1-3-5-7-9-10-11-12-13-15-20-24-29-27(21-17-14-8-6-4-2)25-26-30(32)31(29)28-22-18-16-19-23-28/h16,18-19,22-23,25-26,32H,3-15,17,20-21,24H2,1-2H3. The second-order valence-electron chi connectivity index (χ2n) is 9.56. The molecule has 0 aliphatic carbocycles. The summed E-state index contributed by atoms with van der Waals surface area (Å²) in [5.41, 5.74) is 5.08. The van der Waals surface area contributed by atoms with Crippen molar-refractivity contribution in [2.24, 2.45) is 0 Å².